The van der Waals surface area contributed by atoms with E-state index < -0.39 is 0 Å². The Balaban J connectivity index is 1.96. The zero-order chi connectivity index (χ0) is 13.8. The van der Waals surface area contributed by atoms with Crippen LogP contribution in [-0.2, 0) is 4.74 Å². The summed E-state index contributed by atoms with van der Waals surface area (Å²) in [6, 6.07) is 7.27. The van der Waals surface area contributed by atoms with Crippen molar-refractivity contribution in [3.8, 4) is 0 Å². The van der Waals surface area contributed by atoms with Gasteiger partial charge >= 0.3 is 6.09 Å². The molecule has 0 radical (unpaired) electrons. The highest BCUT2D eigenvalue weighted by atomic mass is 79.9. The number of benzene rings is 1. The van der Waals surface area contributed by atoms with Crippen LogP contribution >= 0.6 is 15.9 Å². The van der Waals surface area contributed by atoms with E-state index in [-0.39, 0.29) is 12.0 Å². The lowest BCUT2D eigenvalue weighted by Crippen LogP contribution is -2.50. The van der Waals surface area contributed by atoms with Gasteiger partial charge in [-0.25, -0.2) is 4.79 Å². The van der Waals surface area contributed by atoms with Crippen LogP contribution in [0.5, 0.6) is 0 Å². The van der Waals surface area contributed by atoms with E-state index in [1.807, 2.05) is 12.1 Å². The third kappa shape index (κ3) is 3.26. The second-order valence-electron chi connectivity index (χ2n) is 4.26. The Hall–Kier alpha value is -1.56. The molecule has 0 saturated carbocycles. The zero-order valence-corrected chi connectivity index (χ0v) is 12.2. The first-order valence-corrected chi connectivity index (χ1v) is 6.79. The molecule has 1 aromatic carbocycles. The Morgan fingerprint density at radius 2 is 1.58 bits per heavy atom. The van der Waals surface area contributed by atoms with Crippen LogP contribution in [0.3, 0.4) is 0 Å². The summed E-state index contributed by atoms with van der Waals surface area (Å²) in [4.78, 5) is 26.9. The molecule has 1 fully saturated rings. The van der Waals surface area contributed by atoms with E-state index in [0.717, 1.165) is 4.47 Å². The predicted octanol–water partition coefficient (Wildman–Crippen LogP) is 1.97. The van der Waals surface area contributed by atoms with Crippen molar-refractivity contribution in [3.63, 3.8) is 0 Å². The third-order valence-corrected chi connectivity index (χ3v) is 3.62. The molecule has 0 bridgehead atoms. The Morgan fingerprint density at radius 1 is 1.05 bits per heavy atom. The number of hydrogen-bond donors (Lipinski definition) is 0. The minimum atomic E-state index is -0.337. The second-order valence-corrected chi connectivity index (χ2v) is 5.17. The number of rotatable bonds is 1. The fourth-order valence-corrected chi connectivity index (χ4v) is 2.26. The van der Waals surface area contributed by atoms with Crippen molar-refractivity contribution in [1.29, 1.82) is 0 Å². The summed E-state index contributed by atoms with van der Waals surface area (Å²) < 4.78 is 5.61. The molecule has 0 N–H and O–H groups in total. The van der Waals surface area contributed by atoms with Gasteiger partial charge in [-0.1, -0.05) is 15.9 Å². The smallest absolute Gasteiger partial charge is 0.409 e. The molecule has 6 heteroatoms. The average molecular weight is 327 g/mol. The Morgan fingerprint density at radius 3 is 2.11 bits per heavy atom. The topological polar surface area (TPSA) is 49.9 Å². The standard InChI is InChI=1S/C13H15BrN2O3/c1-19-13(18)16-8-6-15(7-9-16)12(17)10-2-4-11(14)5-3-10/h2-5H,6-9H2,1H3. The first-order valence-electron chi connectivity index (χ1n) is 5.99. The molecule has 2 rings (SSSR count). The molecule has 1 aromatic rings. The lowest BCUT2D eigenvalue weighted by atomic mass is 10.2. The quantitative estimate of drug-likeness (QED) is 0.792. The lowest BCUT2D eigenvalue weighted by Gasteiger charge is -2.33. The van der Waals surface area contributed by atoms with Gasteiger partial charge in [0, 0.05) is 36.2 Å². The number of carbonyl (C=O) groups is 2. The van der Waals surface area contributed by atoms with Crippen molar-refractivity contribution >= 4 is 27.9 Å². The van der Waals surface area contributed by atoms with Crippen molar-refractivity contribution in [2.75, 3.05) is 33.3 Å². The number of methoxy groups -OCH3 is 1. The number of nitrogens with zero attached hydrogens (tertiary/aromatic N) is 2. The predicted molar refractivity (Wildman–Crippen MR) is 74.0 cm³/mol. The number of piperazine rings is 1. The minimum absolute atomic E-state index is 0.00276. The Bertz CT molecular complexity index is 467. The van der Waals surface area contributed by atoms with Crippen molar-refractivity contribution in [2.24, 2.45) is 0 Å². The van der Waals surface area contributed by atoms with Crippen LogP contribution in [0.2, 0.25) is 0 Å². The maximum absolute atomic E-state index is 12.2. The molecule has 0 atom stereocenters. The van der Waals surface area contributed by atoms with Crippen LogP contribution in [0.1, 0.15) is 10.4 Å². The maximum atomic E-state index is 12.2. The van der Waals surface area contributed by atoms with Gasteiger partial charge in [0.25, 0.3) is 5.91 Å². The van der Waals surface area contributed by atoms with E-state index in [2.05, 4.69) is 20.7 Å². The summed E-state index contributed by atoms with van der Waals surface area (Å²) in [6.07, 6.45) is -0.337. The van der Waals surface area contributed by atoms with E-state index in [0.29, 0.717) is 31.7 Å². The van der Waals surface area contributed by atoms with E-state index in [1.54, 1.807) is 21.9 Å². The fraction of sp³-hybridized carbons (Fsp3) is 0.385. The van der Waals surface area contributed by atoms with Crippen LogP contribution < -0.4 is 0 Å². The molecular formula is C13H15BrN2O3. The summed E-state index contributed by atoms with van der Waals surface area (Å²) in [7, 11) is 1.36. The minimum Gasteiger partial charge on any atom is -0.453 e. The van der Waals surface area contributed by atoms with Gasteiger partial charge in [0.2, 0.25) is 0 Å². The van der Waals surface area contributed by atoms with Crippen molar-refractivity contribution < 1.29 is 14.3 Å². The Labute approximate surface area is 120 Å². The summed E-state index contributed by atoms with van der Waals surface area (Å²) in [6.45, 7) is 2.08. The fourth-order valence-electron chi connectivity index (χ4n) is 2.00. The second kappa shape index (κ2) is 6.06. The highest BCUT2D eigenvalue weighted by molar-refractivity contribution is 9.10. The molecule has 19 heavy (non-hydrogen) atoms. The van der Waals surface area contributed by atoms with Gasteiger partial charge in [0.15, 0.2) is 0 Å². The molecule has 5 nitrogen and oxygen atoms in total. The SMILES string of the molecule is COC(=O)N1CCN(C(=O)c2ccc(Br)cc2)CC1. The van der Waals surface area contributed by atoms with Crippen LogP contribution in [0.4, 0.5) is 4.79 Å². The van der Waals surface area contributed by atoms with Gasteiger partial charge < -0.3 is 14.5 Å². The first-order chi connectivity index (χ1) is 9.11. The molecule has 102 valence electrons. The largest absolute Gasteiger partial charge is 0.453 e. The normalized spacial score (nSPS) is 15.3. The number of ether oxygens (including phenoxy) is 1. The van der Waals surface area contributed by atoms with Gasteiger partial charge in [0.1, 0.15) is 0 Å². The highest BCUT2D eigenvalue weighted by Gasteiger charge is 2.24. The van der Waals surface area contributed by atoms with Gasteiger partial charge in [-0.15, -0.1) is 0 Å². The molecule has 0 spiro atoms. The van der Waals surface area contributed by atoms with Crippen molar-refractivity contribution in [2.45, 2.75) is 0 Å². The summed E-state index contributed by atoms with van der Waals surface area (Å²) >= 11 is 3.34. The lowest BCUT2D eigenvalue weighted by molar-refractivity contribution is 0.0599. The maximum Gasteiger partial charge on any atom is 0.409 e. The van der Waals surface area contributed by atoms with Crippen LogP contribution in [-0.4, -0.2) is 55.1 Å². The van der Waals surface area contributed by atoms with Gasteiger partial charge in [-0.2, -0.15) is 0 Å². The third-order valence-electron chi connectivity index (χ3n) is 3.09. The van der Waals surface area contributed by atoms with Crippen LogP contribution in [0, 0.1) is 0 Å². The van der Waals surface area contributed by atoms with Gasteiger partial charge in [-0.3, -0.25) is 4.79 Å². The van der Waals surface area contributed by atoms with Crippen molar-refractivity contribution in [3.05, 3.63) is 34.3 Å². The van der Waals surface area contributed by atoms with Gasteiger partial charge in [0.05, 0.1) is 7.11 Å². The van der Waals surface area contributed by atoms with E-state index >= 15 is 0 Å². The monoisotopic (exact) mass is 326 g/mol. The average Bonchev–Trinajstić information content (AvgIpc) is 2.46. The van der Waals surface area contributed by atoms with E-state index in [9.17, 15) is 9.59 Å². The van der Waals surface area contributed by atoms with Gasteiger partial charge in [-0.05, 0) is 24.3 Å². The van der Waals surface area contributed by atoms with Crippen molar-refractivity contribution in [1.82, 2.24) is 9.80 Å². The number of amides is 2. The molecule has 1 aliphatic heterocycles. The summed E-state index contributed by atoms with van der Waals surface area (Å²) in [5.74, 6) is -0.00276. The van der Waals surface area contributed by atoms with Crippen LogP contribution in [0.25, 0.3) is 0 Å². The zero-order valence-electron chi connectivity index (χ0n) is 10.6. The van der Waals surface area contributed by atoms with Crippen LogP contribution in [0.15, 0.2) is 28.7 Å². The molecule has 0 unspecified atom stereocenters. The molecule has 1 aliphatic rings. The molecule has 1 saturated heterocycles. The number of hydrogen-bond acceptors (Lipinski definition) is 3. The summed E-state index contributed by atoms with van der Waals surface area (Å²) in [5, 5.41) is 0. The first kappa shape index (κ1) is 13.9. The molecule has 0 aliphatic carbocycles. The molecule has 0 aromatic heterocycles. The summed E-state index contributed by atoms with van der Waals surface area (Å²) in [5.41, 5.74) is 0.662. The molecule has 2 amide bonds. The van der Waals surface area contributed by atoms with E-state index in [1.165, 1.54) is 7.11 Å². The highest BCUT2D eigenvalue weighted by Crippen LogP contribution is 2.13. The number of halogens is 1. The van der Waals surface area contributed by atoms with E-state index in [4.69, 9.17) is 0 Å². The molecular weight excluding hydrogens is 312 g/mol. The molecule has 1 heterocycles. The number of carbonyl (C=O) groups excluding carboxylic acids is 2. The Kier molecular flexibility index (Phi) is 4.42.